The van der Waals surface area contributed by atoms with E-state index in [1.54, 1.807) is 7.11 Å². The van der Waals surface area contributed by atoms with Gasteiger partial charge in [0.15, 0.2) is 0 Å². The fraction of sp³-hybridized carbons (Fsp3) is 0.650. The maximum absolute atomic E-state index is 12.7. The second-order valence-electron chi connectivity index (χ2n) is 7.30. The van der Waals surface area contributed by atoms with E-state index in [2.05, 4.69) is 20.8 Å². The quantitative estimate of drug-likeness (QED) is 0.780. The van der Waals surface area contributed by atoms with Gasteiger partial charge in [-0.1, -0.05) is 39.3 Å². The van der Waals surface area contributed by atoms with E-state index < -0.39 is 0 Å². The summed E-state index contributed by atoms with van der Waals surface area (Å²) < 4.78 is 5.18. The minimum atomic E-state index is 0.145. The van der Waals surface area contributed by atoms with Gasteiger partial charge in [0.25, 0.3) is 0 Å². The highest BCUT2D eigenvalue weighted by Crippen LogP contribution is 2.32. The summed E-state index contributed by atoms with van der Waals surface area (Å²) in [5, 5.41) is 0. The molecule has 2 rings (SSSR count). The Morgan fingerprint density at radius 2 is 2.00 bits per heavy atom. The number of benzene rings is 1. The van der Waals surface area contributed by atoms with E-state index in [9.17, 15) is 4.79 Å². The van der Waals surface area contributed by atoms with Crippen molar-refractivity contribution in [2.45, 2.75) is 40.2 Å². The van der Waals surface area contributed by atoms with Gasteiger partial charge in [-0.3, -0.25) is 0 Å². The fourth-order valence-corrected chi connectivity index (χ4v) is 3.97. The first-order valence-corrected chi connectivity index (χ1v) is 9.09. The molecule has 0 spiro atoms. The van der Waals surface area contributed by atoms with Crippen LogP contribution in [0, 0.1) is 17.8 Å². The zero-order valence-corrected chi connectivity index (χ0v) is 15.8. The topological polar surface area (TPSA) is 32.8 Å². The molecule has 0 aromatic heterocycles. The molecule has 4 nitrogen and oxygen atoms in total. The first-order chi connectivity index (χ1) is 11.5. The van der Waals surface area contributed by atoms with Crippen LogP contribution in [-0.4, -0.2) is 43.1 Å². The van der Waals surface area contributed by atoms with E-state index in [0.717, 1.165) is 36.7 Å². The van der Waals surface area contributed by atoms with Crippen LogP contribution in [0.25, 0.3) is 0 Å². The first-order valence-electron chi connectivity index (χ1n) is 9.09. The molecule has 1 aliphatic heterocycles. The molecule has 1 fully saturated rings. The summed E-state index contributed by atoms with van der Waals surface area (Å²) in [6.07, 6.45) is 2.34. The summed E-state index contributed by atoms with van der Waals surface area (Å²) in [5.41, 5.74) is 1.12. The lowest BCUT2D eigenvalue weighted by atomic mass is 9.81. The SMILES string of the molecule is CCC(C(C)C)[C@H]1CCN(C(=O)N(C)Cc2ccc(OC)cc2)C1. The van der Waals surface area contributed by atoms with Crippen molar-refractivity contribution < 1.29 is 9.53 Å². The summed E-state index contributed by atoms with van der Waals surface area (Å²) >= 11 is 0. The van der Waals surface area contributed by atoms with E-state index in [4.69, 9.17) is 4.74 Å². The third-order valence-corrected chi connectivity index (χ3v) is 5.33. The molecule has 0 saturated carbocycles. The van der Waals surface area contributed by atoms with Crippen LogP contribution < -0.4 is 4.74 Å². The number of hydrogen-bond acceptors (Lipinski definition) is 2. The maximum atomic E-state index is 12.7. The van der Waals surface area contributed by atoms with E-state index in [-0.39, 0.29) is 6.03 Å². The molecule has 1 aromatic carbocycles. The third kappa shape index (κ3) is 4.43. The molecule has 2 atom stereocenters. The Bertz CT molecular complexity index is 527. The van der Waals surface area contributed by atoms with Crippen molar-refractivity contribution in [1.29, 1.82) is 0 Å². The van der Waals surface area contributed by atoms with Gasteiger partial charge in [-0.25, -0.2) is 4.79 Å². The molecule has 1 saturated heterocycles. The van der Waals surface area contributed by atoms with E-state index in [1.165, 1.54) is 6.42 Å². The number of amides is 2. The van der Waals surface area contributed by atoms with Crippen molar-refractivity contribution in [1.82, 2.24) is 9.80 Å². The van der Waals surface area contributed by atoms with Gasteiger partial charge in [0.05, 0.1) is 7.11 Å². The van der Waals surface area contributed by atoms with Crippen LogP contribution in [0.2, 0.25) is 0 Å². The van der Waals surface area contributed by atoms with Crippen LogP contribution in [0.15, 0.2) is 24.3 Å². The standard InChI is InChI=1S/C20H32N2O2/c1-6-19(15(2)3)17-11-12-22(14-17)20(23)21(4)13-16-7-9-18(24-5)10-8-16/h7-10,15,17,19H,6,11-14H2,1-5H3/t17-,19?/m0/s1. The van der Waals surface area contributed by atoms with Crippen molar-refractivity contribution >= 4 is 6.03 Å². The molecule has 0 bridgehead atoms. The molecular weight excluding hydrogens is 300 g/mol. The summed E-state index contributed by atoms with van der Waals surface area (Å²) in [5.74, 6) is 2.89. The van der Waals surface area contributed by atoms with E-state index >= 15 is 0 Å². The normalized spacial score (nSPS) is 18.8. The van der Waals surface area contributed by atoms with Crippen LogP contribution in [0.5, 0.6) is 5.75 Å². The highest BCUT2D eigenvalue weighted by molar-refractivity contribution is 5.74. The first kappa shape index (κ1) is 18.6. The molecule has 24 heavy (non-hydrogen) atoms. The van der Waals surface area contributed by atoms with Crippen LogP contribution in [0.3, 0.4) is 0 Å². The van der Waals surface area contributed by atoms with Gasteiger partial charge in [-0.05, 0) is 41.9 Å². The molecule has 4 heteroatoms. The number of rotatable bonds is 6. The van der Waals surface area contributed by atoms with Crippen LogP contribution in [0.4, 0.5) is 4.79 Å². The highest BCUT2D eigenvalue weighted by atomic mass is 16.5. The maximum Gasteiger partial charge on any atom is 0.320 e. The second kappa shape index (κ2) is 8.41. The number of ether oxygens (including phenoxy) is 1. The predicted molar refractivity (Wildman–Crippen MR) is 98.2 cm³/mol. The lowest BCUT2D eigenvalue weighted by molar-refractivity contribution is 0.164. The van der Waals surface area contributed by atoms with Gasteiger partial charge in [-0.15, -0.1) is 0 Å². The van der Waals surface area contributed by atoms with Crippen LogP contribution in [0.1, 0.15) is 39.2 Å². The molecular formula is C20H32N2O2. The van der Waals surface area contributed by atoms with Crippen molar-refractivity contribution in [2.75, 3.05) is 27.2 Å². The zero-order chi connectivity index (χ0) is 17.7. The van der Waals surface area contributed by atoms with Crippen LogP contribution in [-0.2, 0) is 6.54 Å². The molecule has 1 unspecified atom stereocenters. The average Bonchev–Trinajstić information content (AvgIpc) is 3.04. The van der Waals surface area contributed by atoms with Crippen molar-refractivity contribution in [3.05, 3.63) is 29.8 Å². The van der Waals surface area contributed by atoms with Gasteiger partial charge >= 0.3 is 6.03 Å². The predicted octanol–water partition coefficient (Wildman–Crippen LogP) is 4.25. The average molecular weight is 332 g/mol. The van der Waals surface area contributed by atoms with Gasteiger partial charge < -0.3 is 14.5 Å². The highest BCUT2D eigenvalue weighted by Gasteiger charge is 2.33. The molecule has 134 valence electrons. The molecule has 1 aromatic rings. The summed E-state index contributed by atoms with van der Waals surface area (Å²) in [7, 11) is 3.55. The summed E-state index contributed by atoms with van der Waals surface area (Å²) in [4.78, 5) is 16.6. The number of carbonyl (C=O) groups is 1. The van der Waals surface area contributed by atoms with Gasteiger partial charge in [0, 0.05) is 26.7 Å². The lowest BCUT2D eigenvalue weighted by Crippen LogP contribution is -2.40. The van der Waals surface area contributed by atoms with Gasteiger partial charge in [0.2, 0.25) is 0 Å². The Kier molecular flexibility index (Phi) is 6.52. The smallest absolute Gasteiger partial charge is 0.320 e. The fourth-order valence-electron chi connectivity index (χ4n) is 3.97. The van der Waals surface area contributed by atoms with Crippen molar-refractivity contribution in [3.63, 3.8) is 0 Å². The molecule has 1 aliphatic rings. The van der Waals surface area contributed by atoms with Crippen molar-refractivity contribution in [3.8, 4) is 5.75 Å². The third-order valence-electron chi connectivity index (χ3n) is 5.33. The Hall–Kier alpha value is -1.71. The Morgan fingerprint density at radius 3 is 2.54 bits per heavy atom. The monoisotopic (exact) mass is 332 g/mol. The Balaban J connectivity index is 1.91. The number of hydrogen-bond donors (Lipinski definition) is 0. The minimum absolute atomic E-state index is 0.145. The Labute approximate surface area is 146 Å². The Morgan fingerprint density at radius 1 is 1.33 bits per heavy atom. The molecule has 1 heterocycles. The largest absolute Gasteiger partial charge is 0.497 e. The summed E-state index contributed by atoms with van der Waals surface area (Å²) in [6, 6.07) is 8.05. The number of methoxy groups -OCH3 is 1. The van der Waals surface area contributed by atoms with Crippen molar-refractivity contribution in [2.24, 2.45) is 17.8 Å². The van der Waals surface area contributed by atoms with Crippen LogP contribution >= 0.6 is 0 Å². The number of carbonyl (C=O) groups excluding carboxylic acids is 1. The molecule has 0 radical (unpaired) electrons. The molecule has 0 N–H and O–H groups in total. The minimum Gasteiger partial charge on any atom is -0.497 e. The van der Waals surface area contributed by atoms with E-state index in [1.807, 2.05) is 41.1 Å². The van der Waals surface area contributed by atoms with Gasteiger partial charge in [0.1, 0.15) is 5.75 Å². The summed E-state index contributed by atoms with van der Waals surface area (Å²) in [6.45, 7) is 9.29. The van der Waals surface area contributed by atoms with E-state index in [0.29, 0.717) is 18.4 Å². The number of likely N-dealkylation sites (tertiary alicyclic amines) is 1. The lowest BCUT2D eigenvalue weighted by Gasteiger charge is -2.28. The number of nitrogens with zero attached hydrogens (tertiary/aromatic N) is 2. The second-order valence-corrected chi connectivity index (χ2v) is 7.30. The zero-order valence-electron chi connectivity index (χ0n) is 15.8. The number of urea groups is 1. The molecule has 0 aliphatic carbocycles. The van der Waals surface area contributed by atoms with Gasteiger partial charge in [-0.2, -0.15) is 0 Å². The molecule has 2 amide bonds.